The summed E-state index contributed by atoms with van der Waals surface area (Å²) in [5, 5.41) is 19.8. The molecule has 16 heteroatoms. The van der Waals surface area contributed by atoms with Crippen molar-refractivity contribution in [3.05, 3.63) is 33.1 Å². The second-order valence-electron chi connectivity index (χ2n) is 4.90. The maximum absolute atomic E-state index is 11.7. The highest BCUT2D eigenvalue weighted by molar-refractivity contribution is 7.60. The number of ether oxygens (including phenoxy) is 1. The number of phosphoric ester groups is 1. The van der Waals surface area contributed by atoms with Gasteiger partial charge in [0.05, 0.1) is 6.61 Å². The summed E-state index contributed by atoms with van der Waals surface area (Å²) >= 11 is 0. The first-order valence-corrected chi connectivity index (χ1v) is 9.49. The lowest BCUT2D eigenvalue weighted by Crippen LogP contribution is -2.37. The Kier molecular flexibility index (Phi) is 5.81. The molecular formula is C9H14N2O12P2. The van der Waals surface area contributed by atoms with E-state index in [-0.39, 0.29) is 0 Å². The van der Waals surface area contributed by atoms with E-state index in [1.165, 1.54) is 0 Å². The highest BCUT2D eigenvalue weighted by Crippen LogP contribution is 2.57. The van der Waals surface area contributed by atoms with Crippen molar-refractivity contribution in [2.45, 2.75) is 24.5 Å². The Bertz CT molecular complexity index is 828. The summed E-state index contributed by atoms with van der Waals surface area (Å²) < 4.78 is 35.6. The van der Waals surface area contributed by atoms with E-state index in [1.54, 1.807) is 0 Å². The van der Waals surface area contributed by atoms with Crippen LogP contribution in [0.4, 0.5) is 0 Å². The molecule has 0 bridgehead atoms. The number of hydrogen-bond acceptors (Lipinski definition) is 9. The molecule has 6 N–H and O–H groups in total. The lowest BCUT2D eigenvalue weighted by Gasteiger charge is -2.17. The highest BCUT2D eigenvalue weighted by atomic mass is 31.3. The van der Waals surface area contributed by atoms with Crippen LogP contribution in [0.3, 0.4) is 0 Å². The van der Waals surface area contributed by atoms with Crippen molar-refractivity contribution in [1.82, 2.24) is 9.55 Å². The van der Waals surface area contributed by atoms with Crippen LogP contribution in [-0.2, 0) is 22.7 Å². The average molecular weight is 404 g/mol. The van der Waals surface area contributed by atoms with Gasteiger partial charge >= 0.3 is 21.3 Å². The summed E-state index contributed by atoms with van der Waals surface area (Å²) in [6.45, 7) is -0.902. The van der Waals surface area contributed by atoms with Gasteiger partial charge in [-0.3, -0.25) is 18.9 Å². The SMILES string of the molecule is O=c1ccn([C@@H]2O[C@@H](COP(=O)(O)OP(=O)(O)O)[C@@H](O)[C@H]2O)c(=O)[nH]1. The molecule has 2 rings (SSSR count). The third-order valence-corrected chi connectivity index (χ3v) is 5.23. The number of nitrogens with one attached hydrogen (secondary N) is 1. The van der Waals surface area contributed by atoms with Crippen LogP contribution in [0.5, 0.6) is 0 Å². The number of aliphatic hydroxyl groups is 2. The summed E-state index contributed by atoms with van der Waals surface area (Å²) in [6, 6.07) is 0.962. The van der Waals surface area contributed by atoms with Gasteiger partial charge in [0.25, 0.3) is 5.56 Å². The molecule has 1 aromatic rings. The van der Waals surface area contributed by atoms with Gasteiger partial charge in [0, 0.05) is 12.3 Å². The monoisotopic (exact) mass is 404 g/mol. The van der Waals surface area contributed by atoms with Gasteiger partial charge in [0.1, 0.15) is 18.3 Å². The molecule has 0 spiro atoms. The van der Waals surface area contributed by atoms with Gasteiger partial charge in [-0.1, -0.05) is 0 Å². The van der Waals surface area contributed by atoms with Crippen LogP contribution in [0.1, 0.15) is 6.23 Å². The number of phosphoric acid groups is 2. The van der Waals surface area contributed by atoms with Gasteiger partial charge in [-0.15, -0.1) is 0 Å². The molecule has 0 aliphatic carbocycles. The van der Waals surface area contributed by atoms with E-state index in [4.69, 9.17) is 19.4 Å². The van der Waals surface area contributed by atoms with Gasteiger partial charge in [0.2, 0.25) is 0 Å². The zero-order chi connectivity index (χ0) is 19.0. The fourth-order valence-electron chi connectivity index (χ4n) is 2.05. The summed E-state index contributed by atoms with van der Waals surface area (Å²) in [4.78, 5) is 50.7. The van der Waals surface area contributed by atoms with E-state index >= 15 is 0 Å². The Morgan fingerprint density at radius 1 is 1.20 bits per heavy atom. The number of H-pyrrole nitrogens is 1. The lowest BCUT2D eigenvalue weighted by molar-refractivity contribution is -0.0542. The second kappa shape index (κ2) is 7.21. The van der Waals surface area contributed by atoms with Crippen LogP contribution < -0.4 is 11.2 Å². The Balaban J connectivity index is 2.09. The molecule has 0 radical (unpaired) electrons. The molecule has 1 aliphatic rings. The standard InChI is InChI=1S/C9H14N2O12P2/c12-5-1-2-11(9(15)10-5)8-7(14)6(13)4(22-8)3-21-25(19,20)23-24(16,17)18/h1-2,4,6-8,13-14H,3H2,(H,19,20)(H,10,12,15)(H2,16,17,18)/t4-,6+,7+,8+/m0/s1. The van der Waals surface area contributed by atoms with Gasteiger partial charge in [0.15, 0.2) is 6.23 Å². The van der Waals surface area contributed by atoms with Crippen molar-refractivity contribution in [1.29, 1.82) is 0 Å². The predicted octanol–water partition coefficient (Wildman–Crippen LogP) is -2.62. The van der Waals surface area contributed by atoms with E-state index in [0.29, 0.717) is 0 Å². The maximum Gasteiger partial charge on any atom is 0.481 e. The number of aromatic amines is 1. The lowest BCUT2D eigenvalue weighted by atomic mass is 10.1. The van der Waals surface area contributed by atoms with E-state index in [1.807, 2.05) is 4.98 Å². The first-order valence-electron chi connectivity index (χ1n) is 6.47. The minimum absolute atomic E-state index is 0.704. The zero-order valence-corrected chi connectivity index (χ0v) is 13.9. The summed E-state index contributed by atoms with van der Waals surface area (Å²) in [7, 11) is -10.5. The van der Waals surface area contributed by atoms with Crippen LogP contribution in [-0.4, -0.2) is 59.4 Å². The molecule has 5 atom stereocenters. The fraction of sp³-hybridized carbons (Fsp3) is 0.556. The van der Waals surface area contributed by atoms with Crippen molar-refractivity contribution in [2.24, 2.45) is 0 Å². The third kappa shape index (κ3) is 5.15. The smallest absolute Gasteiger partial charge is 0.387 e. The molecule has 0 saturated carbocycles. The topological polar surface area (TPSA) is 218 Å². The number of hydrogen-bond donors (Lipinski definition) is 6. The molecule has 142 valence electrons. The molecule has 0 amide bonds. The molecule has 2 heterocycles. The van der Waals surface area contributed by atoms with Gasteiger partial charge in [-0.25, -0.2) is 13.9 Å². The zero-order valence-electron chi connectivity index (χ0n) is 12.1. The first kappa shape index (κ1) is 20.1. The van der Waals surface area contributed by atoms with Gasteiger partial charge in [-0.05, 0) is 0 Å². The van der Waals surface area contributed by atoms with Crippen LogP contribution in [0.2, 0.25) is 0 Å². The van der Waals surface area contributed by atoms with Gasteiger partial charge < -0.3 is 29.6 Å². The summed E-state index contributed by atoms with van der Waals surface area (Å²) in [6.07, 6.45) is -5.25. The molecule has 0 aromatic carbocycles. The fourth-order valence-corrected chi connectivity index (χ4v) is 3.65. The van der Waals surface area contributed by atoms with Crippen molar-refractivity contribution < 1.29 is 47.6 Å². The highest BCUT2D eigenvalue weighted by Gasteiger charge is 2.45. The Hall–Kier alpha value is -1.18. The molecule has 1 fully saturated rings. The first-order chi connectivity index (χ1) is 11.4. The van der Waals surface area contributed by atoms with E-state index < -0.39 is 58.0 Å². The van der Waals surface area contributed by atoms with Crippen molar-refractivity contribution in [3.8, 4) is 0 Å². The number of nitrogens with zero attached hydrogens (tertiary/aromatic N) is 1. The maximum atomic E-state index is 11.7. The molecule has 14 nitrogen and oxygen atoms in total. The molecule has 1 unspecified atom stereocenters. The van der Waals surface area contributed by atoms with Crippen LogP contribution in [0.25, 0.3) is 0 Å². The normalized spacial score (nSPS) is 29.5. The van der Waals surface area contributed by atoms with Crippen molar-refractivity contribution in [3.63, 3.8) is 0 Å². The average Bonchev–Trinajstić information content (AvgIpc) is 2.71. The predicted molar refractivity (Wildman–Crippen MR) is 76.2 cm³/mol. The quantitative estimate of drug-likeness (QED) is 0.269. The minimum atomic E-state index is -5.32. The van der Waals surface area contributed by atoms with E-state index in [2.05, 4.69) is 8.83 Å². The molecular weight excluding hydrogens is 390 g/mol. The number of aromatic nitrogens is 2. The molecule has 25 heavy (non-hydrogen) atoms. The van der Waals surface area contributed by atoms with Gasteiger partial charge in [-0.2, -0.15) is 4.31 Å². The number of rotatable bonds is 6. The van der Waals surface area contributed by atoms with Crippen LogP contribution in [0.15, 0.2) is 21.9 Å². The minimum Gasteiger partial charge on any atom is -0.387 e. The summed E-state index contributed by atoms with van der Waals surface area (Å²) in [5.41, 5.74) is -1.65. The third-order valence-electron chi connectivity index (χ3n) is 3.07. The Labute approximate surface area is 138 Å². The van der Waals surface area contributed by atoms with E-state index in [9.17, 15) is 28.9 Å². The summed E-state index contributed by atoms with van der Waals surface area (Å²) in [5.74, 6) is 0. The second-order valence-corrected chi connectivity index (χ2v) is 7.73. The Morgan fingerprint density at radius 3 is 2.40 bits per heavy atom. The van der Waals surface area contributed by atoms with Crippen molar-refractivity contribution in [2.75, 3.05) is 6.61 Å². The number of aliphatic hydroxyl groups excluding tert-OH is 2. The largest absolute Gasteiger partial charge is 0.481 e. The Morgan fingerprint density at radius 2 is 1.84 bits per heavy atom. The molecule has 1 saturated heterocycles. The van der Waals surface area contributed by atoms with E-state index in [0.717, 1.165) is 16.8 Å². The molecule has 1 aromatic heterocycles. The van der Waals surface area contributed by atoms with Crippen molar-refractivity contribution >= 4 is 15.6 Å². The van der Waals surface area contributed by atoms with Crippen LogP contribution in [0, 0.1) is 0 Å². The van der Waals surface area contributed by atoms with Crippen LogP contribution >= 0.6 is 15.6 Å². The molecule has 1 aliphatic heterocycles.